The maximum absolute atomic E-state index is 14.1. The molecule has 0 spiro atoms. The second-order valence-electron chi connectivity index (χ2n) is 12.7. The number of likely N-dealkylation sites (tertiary alicyclic amines) is 1. The number of aliphatic hydroxyl groups excluding tert-OH is 1. The first-order valence-corrected chi connectivity index (χ1v) is 15.1. The summed E-state index contributed by atoms with van der Waals surface area (Å²) >= 11 is 0. The Morgan fingerprint density at radius 2 is 1.67 bits per heavy atom. The number of alkyl carbamates (subject to hydrolysis) is 1. The van der Waals surface area contributed by atoms with Crippen molar-refractivity contribution in [2.45, 2.75) is 109 Å². The van der Waals surface area contributed by atoms with E-state index in [1.54, 1.807) is 24.3 Å². The molecule has 7 N–H and O–H groups in total. The number of ketones is 1. The van der Waals surface area contributed by atoms with Crippen LogP contribution in [0.4, 0.5) is 4.79 Å². The van der Waals surface area contributed by atoms with Crippen molar-refractivity contribution in [2.75, 3.05) is 6.54 Å². The number of aliphatic hydroxyl groups is 1. The van der Waals surface area contributed by atoms with Gasteiger partial charge in [-0.3, -0.25) is 19.2 Å². The Bertz CT molecular complexity index is 1130. The van der Waals surface area contributed by atoms with Gasteiger partial charge >= 0.3 is 6.09 Å². The molecular formula is C31H47N5O7. The highest BCUT2D eigenvalue weighted by Gasteiger charge is 2.47. The lowest BCUT2D eigenvalue weighted by Crippen LogP contribution is -2.59. The topological polar surface area (TPSA) is 194 Å². The molecule has 1 aliphatic carbocycles. The molecule has 1 aromatic rings. The maximum Gasteiger partial charge on any atom is 0.408 e. The van der Waals surface area contributed by atoms with E-state index < -0.39 is 65.8 Å². The summed E-state index contributed by atoms with van der Waals surface area (Å²) in [5, 5.41) is 16.8. The van der Waals surface area contributed by atoms with Crippen LogP contribution in [0.1, 0.15) is 77.7 Å². The van der Waals surface area contributed by atoms with Gasteiger partial charge in [0.1, 0.15) is 24.8 Å². The summed E-state index contributed by atoms with van der Waals surface area (Å²) in [6.45, 7) is 5.64. The minimum absolute atomic E-state index is 0.0801. The van der Waals surface area contributed by atoms with Gasteiger partial charge in [-0.1, -0.05) is 49.6 Å². The molecule has 2 fully saturated rings. The number of hydrogen-bond acceptors (Lipinski definition) is 8. The summed E-state index contributed by atoms with van der Waals surface area (Å²) in [7, 11) is 0. The Morgan fingerprint density at radius 3 is 2.28 bits per heavy atom. The van der Waals surface area contributed by atoms with Crippen LogP contribution in [0.3, 0.4) is 0 Å². The van der Waals surface area contributed by atoms with Gasteiger partial charge in [-0.2, -0.15) is 0 Å². The van der Waals surface area contributed by atoms with Crippen LogP contribution in [0.5, 0.6) is 0 Å². The van der Waals surface area contributed by atoms with Crippen molar-refractivity contribution in [2.24, 2.45) is 23.3 Å². The molecule has 1 saturated carbocycles. The number of Topliss-reactive ketones (excluding diaryl/α,β-unsaturated/α-hetero) is 1. The number of primary amides is 1. The predicted octanol–water partition coefficient (Wildman–Crippen LogP) is 1.52. The van der Waals surface area contributed by atoms with Crippen molar-refractivity contribution in [3.8, 4) is 0 Å². The number of hydrogen-bond donors (Lipinski definition) is 5. The third-order valence-electron chi connectivity index (χ3n) is 8.12. The van der Waals surface area contributed by atoms with Crippen LogP contribution in [0.15, 0.2) is 30.3 Å². The molecule has 43 heavy (non-hydrogen) atoms. The molecule has 3 rings (SSSR count). The Kier molecular flexibility index (Phi) is 12.1. The summed E-state index contributed by atoms with van der Waals surface area (Å²) in [6.07, 6.45) is 1.73. The number of ether oxygens (including phenoxy) is 1. The van der Waals surface area contributed by atoms with Crippen molar-refractivity contribution in [3.63, 3.8) is 0 Å². The number of nitrogens with zero attached hydrogens (tertiary/aromatic N) is 1. The lowest BCUT2D eigenvalue weighted by molar-refractivity contribution is -0.152. The van der Waals surface area contributed by atoms with Crippen LogP contribution < -0.4 is 22.1 Å². The van der Waals surface area contributed by atoms with Crippen LogP contribution in [-0.4, -0.2) is 75.9 Å². The highest BCUT2D eigenvalue weighted by Crippen LogP contribution is 2.32. The van der Waals surface area contributed by atoms with Crippen molar-refractivity contribution in [1.29, 1.82) is 0 Å². The van der Waals surface area contributed by atoms with E-state index in [0.717, 1.165) is 19.3 Å². The molecule has 1 saturated heterocycles. The summed E-state index contributed by atoms with van der Waals surface area (Å²) in [5.41, 5.74) is 12.3. The minimum Gasteiger partial charge on any atom is -0.445 e. The van der Waals surface area contributed by atoms with Gasteiger partial charge in [0.2, 0.25) is 11.8 Å². The number of nitrogens with one attached hydrogen (secondary N) is 2. The minimum atomic E-state index is -1.90. The Morgan fingerprint density at radius 1 is 1.02 bits per heavy atom. The normalized spacial score (nSPS) is 20.4. The van der Waals surface area contributed by atoms with E-state index in [4.69, 9.17) is 16.2 Å². The summed E-state index contributed by atoms with van der Waals surface area (Å²) in [5.74, 6) is -4.42. The second kappa shape index (κ2) is 15.3. The van der Waals surface area contributed by atoms with Crippen molar-refractivity contribution in [1.82, 2.24) is 15.5 Å². The monoisotopic (exact) mass is 601 g/mol. The number of amides is 4. The fourth-order valence-electron chi connectivity index (χ4n) is 6.01. The molecule has 5 atom stereocenters. The summed E-state index contributed by atoms with van der Waals surface area (Å²) in [4.78, 5) is 66.8. The van der Waals surface area contributed by atoms with Gasteiger partial charge in [-0.15, -0.1) is 0 Å². The first kappa shape index (κ1) is 34.0. The largest absolute Gasteiger partial charge is 0.445 e. The van der Waals surface area contributed by atoms with Crippen molar-refractivity contribution < 1.29 is 33.8 Å². The van der Waals surface area contributed by atoms with Crippen LogP contribution >= 0.6 is 0 Å². The molecule has 12 nitrogen and oxygen atoms in total. The average molecular weight is 602 g/mol. The first-order chi connectivity index (χ1) is 20.3. The van der Waals surface area contributed by atoms with Crippen LogP contribution in [0.25, 0.3) is 0 Å². The van der Waals surface area contributed by atoms with E-state index in [1.807, 2.05) is 26.8 Å². The first-order valence-electron chi connectivity index (χ1n) is 15.1. The maximum atomic E-state index is 14.1. The number of nitrogens with two attached hydrogens (primary N) is 2. The molecule has 2 aliphatic rings. The quantitative estimate of drug-likeness (QED) is 0.238. The van der Waals surface area contributed by atoms with Gasteiger partial charge in [-0.25, -0.2) is 4.79 Å². The molecule has 0 bridgehead atoms. The molecule has 4 amide bonds. The number of carbonyl (C=O) groups is 5. The highest BCUT2D eigenvalue weighted by atomic mass is 16.5. The van der Waals surface area contributed by atoms with Crippen LogP contribution in [-0.2, 0) is 30.5 Å². The van der Waals surface area contributed by atoms with E-state index >= 15 is 0 Å². The molecule has 1 heterocycles. The fourth-order valence-corrected chi connectivity index (χ4v) is 6.01. The SMILES string of the molecule is CC(C)(C)NC(=O)[C@@H]1CCCN1C(=O)C(O)[C@@H](C(=O)[C@H](CC(N)=O)NC(=O)OCc1ccccc1)C(N)C1CCCCC1. The van der Waals surface area contributed by atoms with Gasteiger partial charge < -0.3 is 36.8 Å². The van der Waals surface area contributed by atoms with Crippen molar-refractivity contribution in [3.05, 3.63) is 35.9 Å². The summed E-state index contributed by atoms with van der Waals surface area (Å²) < 4.78 is 5.25. The summed E-state index contributed by atoms with van der Waals surface area (Å²) in [6, 6.07) is 5.66. The molecule has 0 radical (unpaired) electrons. The molecule has 0 aromatic heterocycles. The third kappa shape index (κ3) is 9.75. The van der Waals surface area contributed by atoms with Gasteiger partial charge in [-0.05, 0) is 57.9 Å². The molecule has 12 heteroatoms. The smallest absolute Gasteiger partial charge is 0.408 e. The molecule has 238 valence electrons. The second-order valence-corrected chi connectivity index (χ2v) is 12.7. The van der Waals surface area contributed by atoms with E-state index in [9.17, 15) is 29.1 Å². The zero-order valence-corrected chi connectivity index (χ0v) is 25.4. The van der Waals surface area contributed by atoms with Crippen molar-refractivity contribution >= 4 is 29.6 Å². The number of rotatable bonds is 12. The third-order valence-corrected chi connectivity index (χ3v) is 8.12. The fraction of sp³-hybridized carbons (Fsp3) is 0.645. The Hall–Kier alpha value is -3.51. The highest BCUT2D eigenvalue weighted by molar-refractivity contribution is 5.98. The van der Waals surface area contributed by atoms with Gasteiger partial charge in [0.15, 0.2) is 5.78 Å². The Labute approximate surface area is 253 Å². The zero-order chi connectivity index (χ0) is 31.7. The average Bonchev–Trinajstić information content (AvgIpc) is 3.45. The number of carbonyl (C=O) groups excluding carboxylic acids is 5. The molecule has 2 unspecified atom stereocenters. The zero-order valence-electron chi connectivity index (χ0n) is 25.4. The van der Waals surface area contributed by atoms with E-state index in [1.165, 1.54) is 4.90 Å². The van der Waals surface area contributed by atoms with Gasteiger partial charge in [0.25, 0.3) is 5.91 Å². The standard InChI is InChI=1S/C31H47N5O7/c1-31(2,3)35-28(40)22-15-10-16-36(22)29(41)27(39)24(25(33)20-13-8-5-9-14-20)26(38)21(17-23(32)37)34-30(42)43-18-19-11-6-4-7-12-19/h4,6-7,11-12,20-22,24-25,27,39H,5,8-10,13-18,33H2,1-3H3,(H2,32,37)(H,34,42)(H,35,40)/t21-,22-,24+,25?,27?/m0/s1. The molecule has 1 aromatic carbocycles. The molecule has 1 aliphatic heterocycles. The van der Waals surface area contributed by atoms with E-state index in [2.05, 4.69) is 10.6 Å². The van der Waals surface area contributed by atoms with Crippen LogP contribution in [0.2, 0.25) is 0 Å². The molecular weight excluding hydrogens is 554 g/mol. The number of benzene rings is 1. The lowest BCUT2D eigenvalue weighted by atomic mass is 9.74. The Balaban J connectivity index is 1.85. The van der Waals surface area contributed by atoms with E-state index in [-0.39, 0.29) is 25.0 Å². The van der Waals surface area contributed by atoms with Gasteiger partial charge in [0.05, 0.1) is 12.3 Å². The van der Waals surface area contributed by atoms with E-state index in [0.29, 0.717) is 31.2 Å². The lowest BCUT2D eigenvalue weighted by Gasteiger charge is -2.37. The predicted molar refractivity (Wildman–Crippen MR) is 159 cm³/mol. The van der Waals surface area contributed by atoms with Crippen LogP contribution in [0, 0.1) is 11.8 Å². The van der Waals surface area contributed by atoms with Gasteiger partial charge in [0, 0.05) is 18.1 Å².